The summed E-state index contributed by atoms with van der Waals surface area (Å²) in [6, 6.07) is 3.95. The van der Waals surface area contributed by atoms with E-state index in [0.717, 1.165) is 22.6 Å². The Morgan fingerprint density at radius 3 is 2.67 bits per heavy atom. The smallest absolute Gasteiger partial charge is 0.228 e. The highest BCUT2D eigenvalue weighted by Gasteiger charge is 2.29. The zero-order chi connectivity index (χ0) is 13.3. The number of nitrogens with zero attached hydrogens (tertiary/aromatic N) is 1. The van der Waals surface area contributed by atoms with Crippen molar-refractivity contribution < 1.29 is 9.53 Å². The lowest BCUT2D eigenvalue weighted by atomic mass is 10.1. The van der Waals surface area contributed by atoms with Crippen molar-refractivity contribution in [3.63, 3.8) is 0 Å². The normalized spacial score (nSPS) is 19.4. The maximum Gasteiger partial charge on any atom is 0.228 e. The van der Waals surface area contributed by atoms with E-state index in [4.69, 9.17) is 10.5 Å². The number of benzene rings is 1. The van der Waals surface area contributed by atoms with Crippen LogP contribution < -0.4 is 15.4 Å². The topological polar surface area (TPSA) is 55.6 Å². The van der Waals surface area contributed by atoms with Crippen LogP contribution in [0.15, 0.2) is 12.1 Å². The Morgan fingerprint density at radius 2 is 2.11 bits per heavy atom. The van der Waals surface area contributed by atoms with Crippen LogP contribution in [0.25, 0.3) is 0 Å². The van der Waals surface area contributed by atoms with Crippen molar-refractivity contribution in [2.45, 2.75) is 33.2 Å². The molecule has 0 aliphatic carbocycles. The van der Waals surface area contributed by atoms with E-state index >= 15 is 0 Å². The first kappa shape index (κ1) is 12.9. The molecular formula is C14H20N2O2. The van der Waals surface area contributed by atoms with Gasteiger partial charge in [-0.25, -0.2) is 0 Å². The summed E-state index contributed by atoms with van der Waals surface area (Å²) in [6.07, 6.45) is 0.436. The molecular weight excluding hydrogens is 228 g/mol. The third kappa shape index (κ3) is 2.34. The van der Waals surface area contributed by atoms with Gasteiger partial charge in [0.2, 0.25) is 5.91 Å². The van der Waals surface area contributed by atoms with Gasteiger partial charge < -0.3 is 15.4 Å². The highest BCUT2D eigenvalue weighted by Crippen LogP contribution is 2.31. The molecule has 1 heterocycles. The molecule has 1 unspecified atom stereocenters. The molecule has 18 heavy (non-hydrogen) atoms. The largest absolute Gasteiger partial charge is 0.494 e. The molecule has 0 saturated carbocycles. The van der Waals surface area contributed by atoms with Crippen LogP contribution in [0, 0.1) is 13.8 Å². The van der Waals surface area contributed by atoms with Crippen molar-refractivity contribution in [3.05, 3.63) is 23.3 Å². The highest BCUT2D eigenvalue weighted by atomic mass is 16.5. The quantitative estimate of drug-likeness (QED) is 0.887. The van der Waals surface area contributed by atoms with Gasteiger partial charge in [0.15, 0.2) is 0 Å². The summed E-state index contributed by atoms with van der Waals surface area (Å²) in [6.45, 7) is 7.20. The molecule has 4 nitrogen and oxygen atoms in total. The Morgan fingerprint density at radius 1 is 1.39 bits per heavy atom. The van der Waals surface area contributed by atoms with Gasteiger partial charge in [0.1, 0.15) is 5.75 Å². The monoisotopic (exact) mass is 248 g/mol. The van der Waals surface area contributed by atoms with Crippen molar-refractivity contribution in [3.8, 4) is 5.75 Å². The van der Waals surface area contributed by atoms with E-state index in [0.29, 0.717) is 19.6 Å². The second kappa shape index (κ2) is 4.98. The fourth-order valence-corrected chi connectivity index (χ4v) is 2.34. The number of nitrogens with two attached hydrogens (primary N) is 1. The number of hydrogen-bond acceptors (Lipinski definition) is 3. The van der Waals surface area contributed by atoms with Crippen LogP contribution in [0.3, 0.4) is 0 Å². The standard InChI is InChI=1S/C14H20N2O2/c1-4-18-13-6-9(2)12(5-10(13)3)16-8-11(15)7-14(16)17/h5-6,11H,4,7-8,15H2,1-3H3. The first-order valence-corrected chi connectivity index (χ1v) is 6.33. The summed E-state index contributed by atoms with van der Waals surface area (Å²) >= 11 is 0. The van der Waals surface area contributed by atoms with Crippen molar-refractivity contribution in [2.24, 2.45) is 5.73 Å². The predicted molar refractivity (Wildman–Crippen MR) is 72.0 cm³/mol. The lowest BCUT2D eigenvalue weighted by molar-refractivity contribution is -0.117. The molecule has 1 aliphatic heterocycles. The van der Waals surface area contributed by atoms with Crippen LogP contribution in [0.5, 0.6) is 5.75 Å². The zero-order valence-corrected chi connectivity index (χ0v) is 11.2. The minimum absolute atomic E-state index is 0.0521. The molecule has 1 amide bonds. The number of aryl methyl sites for hydroxylation is 2. The Hall–Kier alpha value is -1.55. The zero-order valence-electron chi connectivity index (χ0n) is 11.2. The fourth-order valence-electron chi connectivity index (χ4n) is 2.34. The summed E-state index contributed by atoms with van der Waals surface area (Å²) in [5.74, 6) is 0.990. The van der Waals surface area contributed by atoms with Crippen LogP contribution in [-0.4, -0.2) is 25.1 Å². The molecule has 1 aromatic rings. The van der Waals surface area contributed by atoms with Gasteiger partial charge in [-0.15, -0.1) is 0 Å². The van der Waals surface area contributed by atoms with E-state index in [1.165, 1.54) is 0 Å². The number of hydrogen-bond donors (Lipinski definition) is 1. The number of carbonyl (C=O) groups is 1. The van der Waals surface area contributed by atoms with Gasteiger partial charge in [0.25, 0.3) is 0 Å². The Kier molecular flexibility index (Phi) is 3.57. The van der Waals surface area contributed by atoms with Crippen molar-refractivity contribution in [1.82, 2.24) is 0 Å². The van der Waals surface area contributed by atoms with Gasteiger partial charge in [0.05, 0.1) is 6.61 Å². The predicted octanol–water partition coefficient (Wildman–Crippen LogP) is 1.77. The summed E-state index contributed by atoms with van der Waals surface area (Å²) in [7, 11) is 0. The lowest BCUT2D eigenvalue weighted by Gasteiger charge is -2.20. The molecule has 4 heteroatoms. The first-order valence-electron chi connectivity index (χ1n) is 6.33. The summed E-state index contributed by atoms with van der Waals surface area (Å²) in [5.41, 5.74) is 8.88. The van der Waals surface area contributed by atoms with Gasteiger partial charge in [-0.1, -0.05) is 0 Å². The molecule has 1 saturated heterocycles. The molecule has 0 radical (unpaired) electrons. The molecule has 0 bridgehead atoms. The molecule has 1 aromatic carbocycles. The lowest BCUT2D eigenvalue weighted by Crippen LogP contribution is -2.28. The van der Waals surface area contributed by atoms with Gasteiger partial charge >= 0.3 is 0 Å². The Labute approximate surface area is 108 Å². The number of rotatable bonds is 3. The molecule has 1 atom stereocenters. The number of anilines is 1. The molecule has 0 spiro atoms. The van der Waals surface area contributed by atoms with Crippen molar-refractivity contribution >= 4 is 11.6 Å². The molecule has 1 fully saturated rings. The number of carbonyl (C=O) groups excluding carboxylic acids is 1. The third-order valence-corrected chi connectivity index (χ3v) is 3.24. The average Bonchev–Trinajstić information content (AvgIpc) is 2.63. The molecule has 2 N–H and O–H groups in total. The van der Waals surface area contributed by atoms with Crippen LogP contribution in [0.4, 0.5) is 5.69 Å². The third-order valence-electron chi connectivity index (χ3n) is 3.24. The Balaban J connectivity index is 2.34. The van der Waals surface area contributed by atoms with Gasteiger partial charge in [0, 0.05) is 24.7 Å². The maximum absolute atomic E-state index is 11.9. The molecule has 1 aliphatic rings. The van der Waals surface area contributed by atoms with E-state index in [2.05, 4.69) is 0 Å². The molecule has 2 rings (SSSR count). The van der Waals surface area contributed by atoms with Crippen molar-refractivity contribution in [2.75, 3.05) is 18.1 Å². The SMILES string of the molecule is CCOc1cc(C)c(N2CC(N)CC2=O)cc1C. The minimum Gasteiger partial charge on any atom is -0.494 e. The van der Waals surface area contributed by atoms with Crippen LogP contribution in [-0.2, 0) is 4.79 Å². The second-order valence-corrected chi connectivity index (χ2v) is 4.81. The van der Waals surface area contributed by atoms with Crippen LogP contribution >= 0.6 is 0 Å². The van der Waals surface area contributed by atoms with Gasteiger partial charge in [-0.3, -0.25) is 4.79 Å². The van der Waals surface area contributed by atoms with Gasteiger partial charge in [-0.2, -0.15) is 0 Å². The molecule has 0 aromatic heterocycles. The number of ether oxygens (including phenoxy) is 1. The summed E-state index contributed by atoms with van der Waals surface area (Å²) in [5, 5.41) is 0. The molecule has 98 valence electrons. The van der Waals surface area contributed by atoms with Crippen LogP contribution in [0.1, 0.15) is 24.5 Å². The van der Waals surface area contributed by atoms with Gasteiger partial charge in [-0.05, 0) is 44.0 Å². The maximum atomic E-state index is 11.9. The first-order chi connectivity index (χ1) is 8.52. The van der Waals surface area contributed by atoms with E-state index in [1.807, 2.05) is 32.9 Å². The fraction of sp³-hybridized carbons (Fsp3) is 0.500. The summed E-state index contributed by atoms with van der Waals surface area (Å²) < 4.78 is 5.55. The average molecular weight is 248 g/mol. The van der Waals surface area contributed by atoms with E-state index in [1.54, 1.807) is 4.90 Å². The van der Waals surface area contributed by atoms with Crippen LogP contribution in [0.2, 0.25) is 0 Å². The van der Waals surface area contributed by atoms with Crippen molar-refractivity contribution in [1.29, 1.82) is 0 Å². The highest BCUT2D eigenvalue weighted by molar-refractivity contribution is 5.97. The second-order valence-electron chi connectivity index (χ2n) is 4.81. The number of amides is 1. The van der Waals surface area contributed by atoms with E-state index in [-0.39, 0.29) is 11.9 Å². The summed E-state index contributed by atoms with van der Waals surface area (Å²) in [4.78, 5) is 13.7. The Bertz CT molecular complexity index is 471. The van der Waals surface area contributed by atoms with E-state index in [9.17, 15) is 4.79 Å². The van der Waals surface area contributed by atoms with E-state index < -0.39 is 0 Å². The minimum atomic E-state index is -0.0521.